The summed E-state index contributed by atoms with van der Waals surface area (Å²) in [7, 11) is 2.00. The van der Waals surface area contributed by atoms with Crippen LogP contribution in [0.15, 0.2) is 30.3 Å². The Hall–Kier alpha value is -1.59. The van der Waals surface area contributed by atoms with Gasteiger partial charge in [-0.3, -0.25) is 14.6 Å². The van der Waals surface area contributed by atoms with Crippen LogP contribution in [0.2, 0.25) is 0 Å². The Bertz CT molecular complexity index is 564. The van der Waals surface area contributed by atoms with Gasteiger partial charge in [0.05, 0.1) is 6.54 Å². The normalized spacial score (nSPS) is 24.5. The molecule has 0 atom stereocenters. The van der Waals surface area contributed by atoms with Crippen LogP contribution in [0, 0.1) is 5.92 Å². The molecule has 5 heteroatoms. The van der Waals surface area contributed by atoms with Crippen molar-refractivity contribution in [3.8, 4) is 5.75 Å². The molecule has 5 nitrogen and oxygen atoms in total. The van der Waals surface area contributed by atoms with Crippen LogP contribution in [0.25, 0.3) is 0 Å². The highest BCUT2D eigenvalue weighted by Crippen LogP contribution is 2.26. The van der Waals surface area contributed by atoms with Crippen LogP contribution in [-0.4, -0.2) is 79.6 Å². The Kier molecular flexibility index (Phi) is 7.53. The molecule has 0 aromatic heterocycles. The molecule has 2 fully saturated rings. The van der Waals surface area contributed by atoms with Crippen molar-refractivity contribution in [3.05, 3.63) is 30.3 Å². The van der Waals surface area contributed by atoms with Gasteiger partial charge < -0.3 is 9.64 Å². The molecule has 1 amide bonds. The Balaban J connectivity index is 1.32. The number of piperazine rings is 1. The van der Waals surface area contributed by atoms with Crippen molar-refractivity contribution in [3.63, 3.8) is 0 Å². The number of likely N-dealkylation sites (N-methyl/N-ethyl adjacent to an activating group) is 1. The predicted octanol–water partition coefficient (Wildman–Crippen LogP) is 2.72. The number of rotatable bonds is 7. The fraction of sp³-hybridized carbons (Fsp3) is 0.682. The van der Waals surface area contributed by atoms with Crippen molar-refractivity contribution in [2.24, 2.45) is 5.92 Å². The molecule has 1 aromatic rings. The minimum absolute atomic E-state index is 0.287. The average Bonchev–Trinajstić information content (AvgIpc) is 2.70. The fourth-order valence-corrected chi connectivity index (χ4v) is 4.12. The first-order valence-corrected chi connectivity index (χ1v) is 10.5. The summed E-state index contributed by atoms with van der Waals surface area (Å²) in [4.78, 5) is 19.4. The Morgan fingerprint density at radius 2 is 1.67 bits per heavy atom. The Morgan fingerprint density at radius 1 is 1.04 bits per heavy atom. The van der Waals surface area contributed by atoms with E-state index in [-0.39, 0.29) is 5.91 Å². The lowest BCUT2D eigenvalue weighted by molar-refractivity contribution is -0.134. The molecule has 1 saturated carbocycles. The van der Waals surface area contributed by atoms with Gasteiger partial charge in [0.25, 0.3) is 0 Å². The van der Waals surface area contributed by atoms with Crippen LogP contribution in [-0.2, 0) is 4.79 Å². The minimum Gasteiger partial charge on any atom is -0.492 e. The Morgan fingerprint density at radius 3 is 2.33 bits per heavy atom. The molecule has 0 bridgehead atoms. The molecule has 0 N–H and O–H groups in total. The summed E-state index contributed by atoms with van der Waals surface area (Å²) < 4.78 is 5.79. The second-order valence-electron chi connectivity index (χ2n) is 8.20. The maximum absolute atomic E-state index is 12.7. The molecule has 0 radical (unpaired) electrons. The van der Waals surface area contributed by atoms with Gasteiger partial charge in [-0.1, -0.05) is 25.1 Å². The zero-order chi connectivity index (χ0) is 19.1. The van der Waals surface area contributed by atoms with Gasteiger partial charge in [-0.05, 0) is 43.7 Å². The van der Waals surface area contributed by atoms with Gasteiger partial charge in [-0.25, -0.2) is 0 Å². The maximum atomic E-state index is 12.7. The number of carbonyl (C=O) groups excluding carboxylic acids is 1. The number of hydrogen-bond donors (Lipinski definition) is 0. The van der Waals surface area contributed by atoms with E-state index < -0.39 is 0 Å². The van der Waals surface area contributed by atoms with E-state index >= 15 is 0 Å². The van der Waals surface area contributed by atoms with Gasteiger partial charge in [-0.2, -0.15) is 0 Å². The third-order valence-electron chi connectivity index (χ3n) is 6.17. The summed E-state index contributed by atoms with van der Waals surface area (Å²) in [5.41, 5.74) is 0. The van der Waals surface area contributed by atoms with Gasteiger partial charge in [-0.15, -0.1) is 0 Å². The van der Waals surface area contributed by atoms with Crippen molar-refractivity contribution in [2.45, 2.75) is 38.6 Å². The summed E-state index contributed by atoms with van der Waals surface area (Å²) in [5.74, 6) is 2.04. The molecule has 150 valence electrons. The maximum Gasteiger partial charge on any atom is 0.236 e. The molecule has 1 aliphatic heterocycles. The lowest BCUT2D eigenvalue weighted by Gasteiger charge is -2.37. The smallest absolute Gasteiger partial charge is 0.236 e. The van der Waals surface area contributed by atoms with Crippen LogP contribution in [0.3, 0.4) is 0 Å². The minimum atomic E-state index is 0.287. The molecule has 2 aliphatic rings. The van der Waals surface area contributed by atoms with E-state index in [9.17, 15) is 4.79 Å². The van der Waals surface area contributed by atoms with Crippen LogP contribution in [0.5, 0.6) is 5.75 Å². The predicted molar refractivity (Wildman–Crippen MR) is 109 cm³/mol. The first kappa shape index (κ1) is 20.2. The highest BCUT2D eigenvalue weighted by molar-refractivity contribution is 5.78. The van der Waals surface area contributed by atoms with Gasteiger partial charge >= 0.3 is 0 Å². The molecule has 0 spiro atoms. The fourth-order valence-electron chi connectivity index (χ4n) is 4.12. The first-order valence-electron chi connectivity index (χ1n) is 10.5. The molecule has 3 rings (SSSR count). The number of para-hydroxylation sites is 1. The number of amides is 1. The van der Waals surface area contributed by atoms with E-state index in [0.717, 1.165) is 44.4 Å². The third kappa shape index (κ3) is 6.22. The lowest BCUT2D eigenvalue weighted by Crippen LogP contribution is -2.51. The van der Waals surface area contributed by atoms with Crippen molar-refractivity contribution in [1.82, 2.24) is 14.7 Å². The molecule has 1 saturated heterocycles. The van der Waals surface area contributed by atoms with E-state index in [1.54, 1.807) is 0 Å². The molecular formula is C22H35N3O2. The average molecular weight is 374 g/mol. The number of ether oxygens (including phenoxy) is 1. The molecule has 1 aliphatic carbocycles. The summed E-state index contributed by atoms with van der Waals surface area (Å²) in [6, 6.07) is 10.4. The first-order chi connectivity index (χ1) is 13.1. The number of benzene rings is 1. The summed E-state index contributed by atoms with van der Waals surface area (Å²) in [5, 5.41) is 0. The standard InChI is InChI=1S/C22H35N3O2/c1-19-8-10-20(11-9-19)23(2)22(26)18-25-14-12-24(13-15-25)16-17-27-21-6-4-3-5-7-21/h3-7,19-20H,8-18H2,1-2H3. The van der Waals surface area contributed by atoms with E-state index in [4.69, 9.17) is 4.74 Å². The largest absolute Gasteiger partial charge is 0.492 e. The second-order valence-corrected chi connectivity index (χ2v) is 8.20. The zero-order valence-electron chi connectivity index (χ0n) is 17.0. The number of carbonyl (C=O) groups is 1. The number of hydrogen-bond acceptors (Lipinski definition) is 4. The van der Waals surface area contributed by atoms with Gasteiger partial charge in [0.1, 0.15) is 12.4 Å². The van der Waals surface area contributed by atoms with Gasteiger partial charge in [0.15, 0.2) is 0 Å². The highest BCUT2D eigenvalue weighted by Gasteiger charge is 2.26. The van der Waals surface area contributed by atoms with E-state index in [2.05, 4.69) is 16.7 Å². The van der Waals surface area contributed by atoms with Crippen molar-refractivity contribution in [1.29, 1.82) is 0 Å². The molecular weight excluding hydrogens is 338 g/mol. The third-order valence-corrected chi connectivity index (χ3v) is 6.17. The van der Waals surface area contributed by atoms with Crippen molar-refractivity contribution < 1.29 is 9.53 Å². The molecule has 0 unspecified atom stereocenters. The van der Waals surface area contributed by atoms with E-state index in [0.29, 0.717) is 19.2 Å². The van der Waals surface area contributed by atoms with Crippen LogP contribution in [0.4, 0.5) is 0 Å². The SMILES string of the molecule is CC1CCC(N(C)C(=O)CN2CCN(CCOc3ccccc3)CC2)CC1. The topological polar surface area (TPSA) is 36.0 Å². The summed E-state index contributed by atoms with van der Waals surface area (Å²) >= 11 is 0. The molecule has 1 heterocycles. The second kappa shape index (κ2) is 10.1. The van der Waals surface area contributed by atoms with Crippen LogP contribution < -0.4 is 4.74 Å². The van der Waals surface area contributed by atoms with E-state index in [1.807, 2.05) is 42.3 Å². The lowest BCUT2D eigenvalue weighted by atomic mass is 9.87. The molecule has 1 aromatic carbocycles. The van der Waals surface area contributed by atoms with Crippen LogP contribution >= 0.6 is 0 Å². The summed E-state index contributed by atoms with van der Waals surface area (Å²) in [6.45, 7) is 8.49. The van der Waals surface area contributed by atoms with Gasteiger partial charge in [0, 0.05) is 45.8 Å². The van der Waals surface area contributed by atoms with E-state index in [1.165, 1.54) is 25.7 Å². The zero-order valence-corrected chi connectivity index (χ0v) is 17.0. The highest BCUT2D eigenvalue weighted by atomic mass is 16.5. The quantitative estimate of drug-likeness (QED) is 0.736. The van der Waals surface area contributed by atoms with Gasteiger partial charge in [0.2, 0.25) is 5.91 Å². The Labute approximate surface area is 164 Å². The van der Waals surface area contributed by atoms with Crippen molar-refractivity contribution in [2.75, 3.05) is 52.9 Å². The summed E-state index contributed by atoms with van der Waals surface area (Å²) in [6.07, 6.45) is 4.84. The van der Waals surface area contributed by atoms with Crippen LogP contribution in [0.1, 0.15) is 32.6 Å². The monoisotopic (exact) mass is 373 g/mol. The molecule has 27 heavy (non-hydrogen) atoms. The van der Waals surface area contributed by atoms with Crippen molar-refractivity contribution >= 4 is 5.91 Å². The number of nitrogens with zero attached hydrogens (tertiary/aromatic N) is 3.